The summed E-state index contributed by atoms with van der Waals surface area (Å²) in [6.45, 7) is 0.610. The quantitative estimate of drug-likeness (QED) is 0.670. The highest BCUT2D eigenvalue weighted by Gasteiger charge is 2.30. The molecule has 0 atom stereocenters. The molecular formula is C10H13N3O. The second-order valence-corrected chi connectivity index (χ2v) is 3.37. The van der Waals surface area contributed by atoms with Crippen molar-refractivity contribution in [3.8, 4) is 0 Å². The minimum Gasteiger partial charge on any atom is -0.278 e. The molecule has 4 nitrogen and oxygen atoms in total. The van der Waals surface area contributed by atoms with E-state index in [-0.39, 0.29) is 6.03 Å². The maximum atomic E-state index is 11.7. The number of hydrazine groups is 1. The first-order chi connectivity index (χ1) is 6.70. The van der Waals surface area contributed by atoms with Crippen molar-refractivity contribution in [3.63, 3.8) is 0 Å². The van der Waals surface area contributed by atoms with Crippen LogP contribution < -0.4 is 4.90 Å². The normalized spacial score (nSPS) is 18.0. The van der Waals surface area contributed by atoms with Gasteiger partial charge in [-0.1, -0.05) is 18.2 Å². The van der Waals surface area contributed by atoms with Crippen molar-refractivity contribution in [1.29, 1.82) is 0 Å². The Hall–Kier alpha value is -1.55. The number of carbonyl (C=O) groups is 1. The number of anilines is 1. The van der Waals surface area contributed by atoms with Gasteiger partial charge in [0.05, 0.1) is 6.67 Å². The largest absolute Gasteiger partial charge is 0.339 e. The van der Waals surface area contributed by atoms with E-state index in [9.17, 15) is 4.79 Å². The van der Waals surface area contributed by atoms with E-state index in [0.717, 1.165) is 5.69 Å². The summed E-state index contributed by atoms with van der Waals surface area (Å²) in [6.07, 6.45) is 0. The predicted molar refractivity (Wildman–Crippen MR) is 54.7 cm³/mol. The molecule has 1 aromatic rings. The van der Waals surface area contributed by atoms with Crippen LogP contribution in [0, 0.1) is 0 Å². The van der Waals surface area contributed by atoms with Gasteiger partial charge in [-0.25, -0.2) is 9.80 Å². The van der Waals surface area contributed by atoms with Gasteiger partial charge in [-0.3, -0.25) is 9.91 Å². The number of carbonyl (C=O) groups excluding carboxylic acids is 1. The van der Waals surface area contributed by atoms with Gasteiger partial charge in [0.15, 0.2) is 0 Å². The number of para-hydroxylation sites is 1. The first-order valence-electron chi connectivity index (χ1n) is 4.51. The Morgan fingerprint density at radius 2 is 1.79 bits per heavy atom. The van der Waals surface area contributed by atoms with Crippen LogP contribution in [0.2, 0.25) is 0 Å². The molecule has 0 spiro atoms. The van der Waals surface area contributed by atoms with Crippen LogP contribution in [0.1, 0.15) is 0 Å². The highest BCUT2D eigenvalue weighted by atomic mass is 16.2. The van der Waals surface area contributed by atoms with Crippen molar-refractivity contribution < 1.29 is 4.79 Å². The highest BCUT2D eigenvalue weighted by Crippen LogP contribution is 2.20. The molecule has 0 N–H and O–H groups in total. The summed E-state index contributed by atoms with van der Waals surface area (Å²) >= 11 is 0. The SMILES string of the molecule is CN1CN(c2ccccc2)C(=O)N1C. The molecule has 2 amide bonds. The van der Waals surface area contributed by atoms with Crippen molar-refractivity contribution in [1.82, 2.24) is 10.0 Å². The monoisotopic (exact) mass is 191 g/mol. The van der Waals surface area contributed by atoms with Gasteiger partial charge < -0.3 is 0 Å². The maximum absolute atomic E-state index is 11.7. The van der Waals surface area contributed by atoms with Crippen LogP contribution in [-0.2, 0) is 0 Å². The Morgan fingerprint density at radius 1 is 1.14 bits per heavy atom. The lowest BCUT2D eigenvalue weighted by Crippen LogP contribution is -2.32. The molecule has 1 heterocycles. The van der Waals surface area contributed by atoms with Crippen LogP contribution in [0.25, 0.3) is 0 Å². The van der Waals surface area contributed by atoms with Gasteiger partial charge in [0, 0.05) is 19.8 Å². The number of benzene rings is 1. The average molecular weight is 191 g/mol. The molecule has 0 saturated carbocycles. The summed E-state index contributed by atoms with van der Waals surface area (Å²) in [5.74, 6) is 0. The number of urea groups is 1. The van der Waals surface area contributed by atoms with Gasteiger partial charge >= 0.3 is 6.03 Å². The van der Waals surface area contributed by atoms with Gasteiger partial charge in [-0.05, 0) is 12.1 Å². The van der Waals surface area contributed by atoms with Crippen molar-refractivity contribution in [3.05, 3.63) is 30.3 Å². The first kappa shape index (κ1) is 9.02. The molecule has 0 radical (unpaired) electrons. The molecule has 4 heteroatoms. The van der Waals surface area contributed by atoms with Crippen molar-refractivity contribution in [2.45, 2.75) is 0 Å². The number of rotatable bonds is 1. The lowest BCUT2D eigenvalue weighted by Gasteiger charge is -2.14. The molecule has 0 unspecified atom stereocenters. The molecule has 74 valence electrons. The summed E-state index contributed by atoms with van der Waals surface area (Å²) in [5.41, 5.74) is 0.939. The fourth-order valence-corrected chi connectivity index (χ4v) is 1.48. The predicted octanol–water partition coefficient (Wildman–Crippen LogP) is 1.36. The summed E-state index contributed by atoms with van der Waals surface area (Å²) < 4.78 is 0. The minimum absolute atomic E-state index is 0.0127. The Balaban J connectivity index is 2.26. The zero-order valence-electron chi connectivity index (χ0n) is 8.34. The number of amides is 2. The van der Waals surface area contributed by atoms with E-state index in [2.05, 4.69) is 0 Å². The highest BCUT2D eigenvalue weighted by molar-refractivity contribution is 5.93. The fourth-order valence-electron chi connectivity index (χ4n) is 1.48. The van der Waals surface area contributed by atoms with Crippen LogP contribution in [0.15, 0.2) is 30.3 Å². The van der Waals surface area contributed by atoms with E-state index in [0.29, 0.717) is 6.67 Å². The average Bonchev–Trinajstić information content (AvgIpc) is 2.47. The third-order valence-electron chi connectivity index (χ3n) is 2.43. The zero-order chi connectivity index (χ0) is 10.1. The Labute approximate surface area is 83.3 Å². The number of nitrogens with zero attached hydrogens (tertiary/aromatic N) is 3. The zero-order valence-corrected chi connectivity index (χ0v) is 8.34. The molecule has 0 aromatic heterocycles. The molecule has 1 aliphatic heterocycles. The van der Waals surface area contributed by atoms with Gasteiger partial charge in [-0.2, -0.15) is 0 Å². The molecule has 0 bridgehead atoms. The van der Waals surface area contributed by atoms with E-state index in [1.54, 1.807) is 17.0 Å². The van der Waals surface area contributed by atoms with E-state index in [4.69, 9.17) is 0 Å². The third kappa shape index (κ3) is 1.33. The summed E-state index contributed by atoms with van der Waals surface area (Å²) in [6, 6.07) is 9.69. The lowest BCUT2D eigenvalue weighted by atomic mass is 10.3. The van der Waals surface area contributed by atoms with Crippen LogP contribution in [-0.4, -0.2) is 36.8 Å². The van der Waals surface area contributed by atoms with Crippen molar-refractivity contribution in [2.24, 2.45) is 0 Å². The number of hydrogen-bond donors (Lipinski definition) is 0. The van der Waals surface area contributed by atoms with E-state index in [1.165, 1.54) is 0 Å². The van der Waals surface area contributed by atoms with Crippen LogP contribution >= 0.6 is 0 Å². The molecule has 1 fully saturated rings. The van der Waals surface area contributed by atoms with Crippen LogP contribution in [0.3, 0.4) is 0 Å². The van der Waals surface area contributed by atoms with Crippen LogP contribution in [0.5, 0.6) is 0 Å². The molecule has 0 aliphatic carbocycles. The summed E-state index contributed by atoms with van der Waals surface area (Å²) in [7, 11) is 3.66. The summed E-state index contributed by atoms with van der Waals surface area (Å²) in [4.78, 5) is 13.5. The second-order valence-electron chi connectivity index (χ2n) is 3.37. The van der Waals surface area contributed by atoms with E-state index in [1.807, 2.05) is 42.4 Å². The molecule has 14 heavy (non-hydrogen) atoms. The summed E-state index contributed by atoms with van der Waals surface area (Å²) in [5, 5.41) is 3.47. The van der Waals surface area contributed by atoms with Crippen molar-refractivity contribution >= 4 is 11.7 Å². The maximum Gasteiger partial charge on any atom is 0.339 e. The van der Waals surface area contributed by atoms with Gasteiger partial charge in [0.2, 0.25) is 0 Å². The topological polar surface area (TPSA) is 26.8 Å². The fraction of sp³-hybridized carbons (Fsp3) is 0.300. The van der Waals surface area contributed by atoms with Gasteiger partial charge in [0.1, 0.15) is 0 Å². The second kappa shape index (κ2) is 3.31. The van der Waals surface area contributed by atoms with Gasteiger partial charge in [0.25, 0.3) is 0 Å². The smallest absolute Gasteiger partial charge is 0.278 e. The van der Waals surface area contributed by atoms with Crippen molar-refractivity contribution in [2.75, 3.05) is 25.7 Å². The Bertz CT molecular complexity index is 338. The molecular weight excluding hydrogens is 178 g/mol. The van der Waals surface area contributed by atoms with Crippen LogP contribution in [0.4, 0.5) is 10.5 Å². The number of hydrogen-bond acceptors (Lipinski definition) is 2. The Morgan fingerprint density at radius 3 is 2.29 bits per heavy atom. The molecule has 1 aromatic carbocycles. The van der Waals surface area contributed by atoms with E-state index >= 15 is 0 Å². The molecule has 1 aliphatic rings. The first-order valence-corrected chi connectivity index (χ1v) is 4.51. The molecule has 2 rings (SSSR count). The molecule has 1 saturated heterocycles. The Kier molecular flexibility index (Phi) is 2.13. The standard InChI is InChI=1S/C10H13N3O/c1-11-8-13(10(14)12(11)2)9-6-4-3-5-7-9/h3-7H,8H2,1-2H3. The van der Waals surface area contributed by atoms with Gasteiger partial charge in [-0.15, -0.1) is 0 Å². The third-order valence-corrected chi connectivity index (χ3v) is 2.43. The minimum atomic E-state index is 0.0127. The lowest BCUT2D eigenvalue weighted by molar-refractivity contribution is 0.110. The van der Waals surface area contributed by atoms with E-state index < -0.39 is 0 Å².